The fourth-order valence-corrected chi connectivity index (χ4v) is 3.49. The van der Waals surface area contributed by atoms with Crippen LogP contribution in [0.4, 0.5) is 0 Å². The highest BCUT2D eigenvalue weighted by Crippen LogP contribution is 2.16. The summed E-state index contributed by atoms with van der Waals surface area (Å²) in [5, 5.41) is 11.6. The van der Waals surface area contributed by atoms with Crippen molar-refractivity contribution in [2.75, 3.05) is 7.11 Å². The van der Waals surface area contributed by atoms with Crippen LogP contribution in [0.5, 0.6) is 0 Å². The van der Waals surface area contributed by atoms with Gasteiger partial charge in [-0.15, -0.1) is 10.2 Å². The molecular weight excluding hydrogens is 332 g/mol. The highest BCUT2D eigenvalue weighted by molar-refractivity contribution is 5.80. The van der Waals surface area contributed by atoms with E-state index in [1.165, 1.54) is 0 Å². The van der Waals surface area contributed by atoms with Gasteiger partial charge in [-0.05, 0) is 25.0 Å². The quantitative estimate of drug-likeness (QED) is 0.746. The standard InChI is InChI=1S/C18H22N6O2/c1-26-11-17-22-21-16-7-6-13(8-9-24(16)17)20-18(25)10-23-12-19-14-4-2-3-5-15(14)23/h2-5,12-13H,6-11H2,1H3,(H,20,25). The van der Waals surface area contributed by atoms with Crippen molar-refractivity contribution in [2.24, 2.45) is 0 Å². The van der Waals surface area contributed by atoms with E-state index in [-0.39, 0.29) is 18.5 Å². The second-order valence-corrected chi connectivity index (χ2v) is 6.57. The number of ether oxygens (including phenoxy) is 1. The lowest BCUT2D eigenvalue weighted by atomic mass is 10.1. The summed E-state index contributed by atoms with van der Waals surface area (Å²) in [6.07, 6.45) is 4.24. The third-order valence-electron chi connectivity index (χ3n) is 4.80. The van der Waals surface area contributed by atoms with Crippen molar-refractivity contribution in [1.82, 2.24) is 29.6 Å². The van der Waals surface area contributed by atoms with Crippen LogP contribution in [0.2, 0.25) is 0 Å². The van der Waals surface area contributed by atoms with Crippen LogP contribution in [0.1, 0.15) is 24.5 Å². The van der Waals surface area contributed by atoms with E-state index in [2.05, 4.69) is 25.1 Å². The van der Waals surface area contributed by atoms with Crippen LogP contribution in [0.25, 0.3) is 11.0 Å². The monoisotopic (exact) mass is 354 g/mol. The van der Waals surface area contributed by atoms with E-state index in [0.717, 1.165) is 48.5 Å². The van der Waals surface area contributed by atoms with Gasteiger partial charge in [0.05, 0.1) is 17.4 Å². The van der Waals surface area contributed by atoms with Crippen LogP contribution in [-0.2, 0) is 35.6 Å². The number of hydrogen-bond acceptors (Lipinski definition) is 5. The van der Waals surface area contributed by atoms with Crippen molar-refractivity contribution in [3.05, 3.63) is 42.2 Å². The summed E-state index contributed by atoms with van der Waals surface area (Å²) in [6.45, 7) is 1.52. The molecule has 0 bridgehead atoms. The molecule has 0 spiro atoms. The average Bonchev–Trinajstić information content (AvgIpc) is 3.16. The molecule has 1 aliphatic rings. The number of para-hydroxylation sites is 2. The molecule has 1 N–H and O–H groups in total. The van der Waals surface area contributed by atoms with Crippen molar-refractivity contribution in [2.45, 2.75) is 45.0 Å². The number of nitrogens with one attached hydrogen (secondary N) is 1. The van der Waals surface area contributed by atoms with Gasteiger partial charge in [-0.2, -0.15) is 0 Å². The van der Waals surface area contributed by atoms with E-state index in [4.69, 9.17) is 4.74 Å². The summed E-state index contributed by atoms with van der Waals surface area (Å²) in [5.41, 5.74) is 1.87. The molecule has 4 rings (SSSR count). The number of fused-ring (bicyclic) bond motifs is 2. The normalized spacial score (nSPS) is 17.0. The Hall–Kier alpha value is -2.74. The van der Waals surface area contributed by atoms with E-state index in [0.29, 0.717) is 6.61 Å². The zero-order valence-electron chi connectivity index (χ0n) is 14.8. The first-order valence-electron chi connectivity index (χ1n) is 8.83. The minimum absolute atomic E-state index is 0.00735. The maximum absolute atomic E-state index is 12.5. The van der Waals surface area contributed by atoms with Gasteiger partial charge in [0.25, 0.3) is 0 Å². The first-order valence-corrected chi connectivity index (χ1v) is 8.83. The van der Waals surface area contributed by atoms with Crippen LogP contribution in [0.15, 0.2) is 30.6 Å². The smallest absolute Gasteiger partial charge is 0.240 e. The van der Waals surface area contributed by atoms with Gasteiger partial charge >= 0.3 is 0 Å². The van der Waals surface area contributed by atoms with Crippen LogP contribution < -0.4 is 5.32 Å². The molecule has 3 heterocycles. The lowest BCUT2D eigenvalue weighted by Gasteiger charge is -2.16. The molecule has 0 fully saturated rings. The number of aryl methyl sites for hydroxylation is 1. The Morgan fingerprint density at radius 3 is 3.08 bits per heavy atom. The number of carbonyl (C=O) groups excluding carboxylic acids is 1. The number of methoxy groups -OCH3 is 1. The van der Waals surface area contributed by atoms with Gasteiger partial charge in [0.1, 0.15) is 19.0 Å². The zero-order valence-corrected chi connectivity index (χ0v) is 14.8. The minimum Gasteiger partial charge on any atom is -0.377 e. The number of amides is 1. The number of carbonyl (C=O) groups is 1. The lowest BCUT2D eigenvalue weighted by Crippen LogP contribution is -2.37. The van der Waals surface area contributed by atoms with Gasteiger partial charge in [-0.1, -0.05) is 12.1 Å². The fourth-order valence-electron chi connectivity index (χ4n) is 3.49. The van der Waals surface area contributed by atoms with Crippen molar-refractivity contribution in [3.8, 4) is 0 Å². The molecule has 136 valence electrons. The zero-order chi connectivity index (χ0) is 17.9. The number of benzene rings is 1. The molecule has 1 aliphatic heterocycles. The molecule has 0 saturated heterocycles. The van der Waals surface area contributed by atoms with Crippen LogP contribution in [0.3, 0.4) is 0 Å². The van der Waals surface area contributed by atoms with Gasteiger partial charge in [-0.3, -0.25) is 4.79 Å². The predicted octanol–water partition coefficient (Wildman–Crippen LogP) is 1.30. The Labute approximate surface area is 151 Å². The molecule has 1 unspecified atom stereocenters. The second kappa shape index (κ2) is 7.25. The van der Waals surface area contributed by atoms with E-state index >= 15 is 0 Å². The highest BCUT2D eigenvalue weighted by atomic mass is 16.5. The highest BCUT2D eigenvalue weighted by Gasteiger charge is 2.21. The Balaban J connectivity index is 1.38. The summed E-state index contributed by atoms with van der Waals surface area (Å²) in [6, 6.07) is 7.96. The second-order valence-electron chi connectivity index (χ2n) is 6.57. The minimum atomic E-state index is 0.00735. The third-order valence-corrected chi connectivity index (χ3v) is 4.80. The fraction of sp³-hybridized carbons (Fsp3) is 0.444. The molecule has 1 amide bonds. The van der Waals surface area contributed by atoms with Gasteiger partial charge in [0, 0.05) is 26.1 Å². The Morgan fingerprint density at radius 1 is 1.31 bits per heavy atom. The largest absolute Gasteiger partial charge is 0.377 e. The molecule has 2 aromatic heterocycles. The molecule has 8 nitrogen and oxygen atoms in total. The van der Waals surface area contributed by atoms with Gasteiger partial charge in [-0.25, -0.2) is 4.98 Å². The third kappa shape index (κ3) is 3.32. The van der Waals surface area contributed by atoms with E-state index in [1.807, 2.05) is 28.8 Å². The maximum Gasteiger partial charge on any atom is 0.240 e. The number of rotatable bonds is 5. The molecule has 1 aromatic carbocycles. The molecular formula is C18H22N6O2. The number of imidazole rings is 1. The van der Waals surface area contributed by atoms with Crippen molar-refractivity contribution >= 4 is 16.9 Å². The summed E-state index contributed by atoms with van der Waals surface area (Å²) in [7, 11) is 1.65. The summed E-state index contributed by atoms with van der Waals surface area (Å²) in [5.74, 6) is 1.82. The van der Waals surface area contributed by atoms with Crippen LogP contribution in [-0.4, -0.2) is 43.4 Å². The Morgan fingerprint density at radius 2 is 2.19 bits per heavy atom. The van der Waals surface area contributed by atoms with Crippen molar-refractivity contribution in [1.29, 1.82) is 0 Å². The van der Waals surface area contributed by atoms with Crippen molar-refractivity contribution in [3.63, 3.8) is 0 Å². The molecule has 0 radical (unpaired) electrons. The summed E-state index contributed by atoms with van der Waals surface area (Å²) in [4.78, 5) is 16.8. The van der Waals surface area contributed by atoms with Gasteiger partial charge in [0.15, 0.2) is 5.82 Å². The van der Waals surface area contributed by atoms with E-state index < -0.39 is 0 Å². The van der Waals surface area contributed by atoms with E-state index in [9.17, 15) is 4.79 Å². The molecule has 1 atom stereocenters. The first-order chi connectivity index (χ1) is 12.7. The first kappa shape index (κ1) is 16.7. The molecule has 3 aromatic rings. The number of aromatic nitrogens is 5. The van der Waals surface area contributed by atoms with Gasteiger partial charge < -0.3 is 19.2 Å². The molecule has 26 heavy (non-hydrogen) atoms. The summed E-state index contributed by atoms with van der Waals surface area (Å²) >= 11 is 0. The topological polar surface area (TPSA) is 86.9 Å². The Bertz CT molecular complexity index is 915. The number of nitrogens with zero attached hydrogens (tertiary/aromatic N) is 5. The SMILES string of the molecule is COCc1nnc2n1CCC(NC(=O)Cn1cnc3ccccc31)CC2. The lowest BCUT2D eigenvalue weighted by molar-refractivity contribution is -0.122. The van der Waals surface area contributed by atoms with Crippen LogP contribution >= 0.6 is 0 Å². The average molecular weight is 354 g/mol. The van der Waals surface area contributed by atoms with Crippen molar-refractivity contribution < 1.29 is 9.53 Å². The number of hydrogen-bond donors (Lipinski definition) is 1. The predicted molar refractivity (Wildman–Crippen MR) is 95.3 cm³/mol. The van der Waals surface area contributed by atoms with Gasteiger partial charge in [0.2, 0.25) is 5.91 Å². The van der Waals surface area contributed by atoms with E-state index in [1.54, 1.807) is 13.4 Å². The molecule has 0 aliphatic carbocycles. The Kier molecular flexibility index (Phi) is 4.66. The summed E-state index contributed by atoms with van der Waals surface area (Å²) < 4.78 is 9.17. The molecule has 8 heteroatoms. The maximum atomic E-state index is 12.5. The molecule has 0 saturated carbocycles. The van der Waals surface area contributed by atoms with Crippen LogP contribution in [0, 0.1) is 0 Å².